The molecule has 0 radical (unpaired) electrons. The number of rotatable bonds is 7. The van der Waals surface area contributed by atoms with Gasteiger partial charge in [0.25, 0.3) is 0 Å². The van der Waals surface area contributed by atoms with Gasteiger partial charge < -0.3 is 15.1 Å². The molecule has 0 aliphatic heterocycles. The number of carbonyl (C=O) groups is 2. The molecule has 0 fully saturated rings. The largest absolute Gasteiger partial charge is 0.423 e. The van der Waals surface area contributed by atoms with E-state index in [1.165, 1.54) is 6.07 Å². The molecule has 1 heterocycles. The van der Waals surface area contributed by atoms with Crippen LogP contribution in [0.3, 0.4) is 0 Å². The van der Waals surface area contributed by atoms with Gasteiger partial charge in [-0.1, -0.05) is 0 Å². The molecular formula is C16H18N2O4S. The number of carbonyl (C=O) groups excluding carboxylic acids is 2. The van der Waals surface area contributed by atoms with Gasteiger partial charge >= 0.3 is 5.63 Å². The Labute approximate surface area is 137 Å². The van der Waals surface area contributed by atoms with Crippen molar-refractivity contribution in [1.29, 1.82) is 0 Å². The van der Waals surface area contributed by atoms with Gasteiger partial charge in [0, 0.05) is 23.2 Å². The molecule has 0 saturated carbocycles. The van der Waals surface area contributed by atoms with Crippen LogP contribution in [-0.4, -0.2) is 30.4 Å². The monoisotopic (exact) mass is 334 g/mol. The van der Waals surface area contributed by atoms with Crippen LogP contribution in [0.25, 0.3) is 11.0 Å². The number of nitrogens with one attached hydrogen (secondary N) is 2. The molecule has 0 spiro atoms. The SMILES string of the molecule is CSCC[C@H](NC=O)C(=O)Nc1ccc2c(C)cc(=O)oc2c1. The second-order valence-electron chi connectivity index (χ2n) is 5.07. The highest BCUT2D eigenvalue weighted by atomic mass is 32.2. The number of aryl methyl sites for hydroxylation is 1. The third kappa shape index (κ3) is 4.35. The molecule has 1 atom stereocenters. The van der Waals surface area contributed by atoms with Crippen LogP contribution >= 0.6 is 11.8 Å². The second-order valence-corrected chi connectivity index (χ2v) is 6.05. The van der Waals surface area contributed by atoms with E-state index < -0.39 is 11.7 Å². The first-order chi connectivity index (χ1) is 11.0. The summed E-state index contributed by atoms with van der Waals surface area (Å²) in [5.41, 5.74) is 1.31. The Morgan fingerprint density at radius 1 is 1.39 bits per heavy atom. The average molecular weight is 334 g/mol. The molecule has 0 saturated heterocycles. The van der Waals surface area contributed by atoms with Crippen molar-refractivity contribution in [3.05, 3.63) is 40.2 Å². The number of anilines is 1. The van der Waals surface area contributed by atoms with Crippen LogP contribution in [0.4, 0.5) is 5.69 Å². The summed E-state index contributed by atoms with van der Waals surface area (Å²) in [6.45, 7) is 1.82. The van der Waals surface area contributed by atoms with Crippen molar-refractivity contribution >= 4 is 40.7 Å². The van der Waals surface area contributed by atoms with Crippen molar-refractivity contribution in [1.82, 2.24) is 5.32 Å². The molecule has 23 heavy (non-hydrogen) atoms. The van der Waals surface area contributed by atoms with E-state index in [-0.39, 0.29) is 5.91 Å². The van der Waals surface area contributed by atoms with Crippen LogP contribution in [0, 0.1) is 6.92 Å². The lowest BCUT2D eigenvalue weighted by Gasteiger charge is -2.15. The molecule has 2 aromatic rings. The van der Waals surface area contributed by atoms with E-state index in [0.717, 1.165) is 16.7 Å². The van der Waals surface area contributed by atoms with E-state index >= 15 is 0 Å². The van der Waals surface area contributed by atoms with Crippen molar-refractivity contribution < 1.29 is 14.0 Å². The highest BCUT2D eigenvalue weighted by Crippen LogP contribution is 2.21. The number of benzene rings is 1. The molecule has 0 bridgehead atoms. The zero-order valence-corrected chi connectivity index (χ0v) is 13.7. The van der Waals surface area contributed by atoms with Crippen molar-refractivity contribution in [3.8, 4) is 0 Å². The fourth-order valence-corrected chi connectivity index (χ4v) is 2.71. The smallest absolute Gasteiger partial charge is 0.336 e. The van der Waals surface area contributed by atoms with E-state index in [2.05, 4.69) is 10.6 Å². The zero-order valence-electron chi connectivity index (χ0n) is 12.9. The van der Waals surface area contributed by atoms with Gasteiger partial charge in [-0.2, -0.15) is 11.8 Å². The minimum absolute atomic E-state index is 0.305. The summed E-state index contributed by atoms with van der Waals surface area (Å²) < 4.78 is 5.16. The quantitative estimate of drug-likeness (QED) is 0.596. The molecular weight excluding hydrogens is 316 g/mol. The van der Waals surface area contributed by atoms with Gasteiger partial charge in [-0.3, -0.25) is 9.59 Å². The number of fused-ring (bicyclic) bond motifs is 1. The predicted octanol–water partition coefficient (Wildman–Crippen LogP) is 1.91. The number of amides is 2. The number of hydrogen-bond acceptors (Lipinski definition) is 5. The van der Waals surface area contributed by atoms with Gasteiger partial charge in [-0.15, -0.1) is 0 Å². The normalized spacial score (nSPS) is 11.9. The molecule has 122 valence electrons. The van der Waals surface area contributed by atoms with Gasteiger partial charge in [-0.05, 0) is 43.0 Å². The van der Waals surface area contributed by atoms with Crippen LogP contribution in [0.5, 0.6) is 0 Å². The Hall–Kier alpha value is -2.28. The fraction of sp³-hybridized carbons (Fsp3) is 0.312. The maximum atomic E-state index is 12.2. The van der Waals surface area contributed by atoms with E-state index in [1.807, 2.05) is 13.2 Å². The average Bonchev–Trinajstić information content (AvgIpc) is 2.50. The summed E-state index contributed by atoms with van der Waals surface area (Å²) in [4.78, 5) is 34.3. The topological polar surface area (TPSA) is 88.4 Å². The maximum absolute atomic E-state index is 12.2. The molecule has 0 aliphatic carbocycles. The van der Waals surface area contributed by atoms with Gasteiger partial charge in [0.05, 0.1) is 0 Å². The van der Waals surface area contributed by atoms with Crippen LogP contribution in [0.2, 0.25) is 0 Å². The van der Waals surface area contributed by atoms with E-state index in [0.29, 0.717) is 24.1 Å². The second kappa shape index (κ2) is 7.82. The highest BCUT2D eigenvalue weighted by Gasteiger charge is 2.17. The molecule has 2 rings (SSSR count). The Balaban J connectivity index is 2.21. The van der Waals surface area contributed by atoms with E-state index in [9.17, 15) is 14.4 Å². The molecule has 1 aromatic heterocycles. The Morgan fingerprint density at radius 2 is 2.17 bits per heavy atom. The Morgan fingerprint density at radius 3 is 2.87 bits per heavy atom. The Bertz CT molecular complexity index is 772. The lowest BCUT2D eigenvalue weighted by Crippen LogP contribution is -2.40. The first-order valence-electron chi connectivity index (χ1n) is 7.09. The third-order valence-electron chi connectivity index (χ3n) is 3.42. The predicted molar refractivity (Wildman–Crippen MR) is 91.8 cm³/mol. The first kappa shape index (κ1) is 17.1. The summed E-state index contributed by atoms with van der Waals surface area (Å²) in [6, 6.07) is 5.95. The summed E-state index contributed by atoms with van der Waals surface area (Å²) >= 11 is 1.60. The minimum Gasteiger partial charge on any atom is -0.423 e. The fourth-order valence-electron chi connectivity index (χ4n) is 2.24. The van der Waals surface area contributed by atoms with Crippen LogP contribution < -0.4 is 16.3 Å². The van der Waals surface area contributed by atoms with Gasteiger partial charge in [-0.25, -0.2) is 4.79 Å². The van der Waals surface area contributed by atoms with E-state index in [1.54, 1.807) is 30.0 Å². The van der Waals surface area contributed by atoms with Crippen molar-refractivity contribution in [2.45, 2.75) is 19.4 Å². The highest BCUT2D eigenvalue weighted by molar-refractivity contribution is 7.98. The molecule has 2 N–H and O–H groups in total. The minimum atomic E-state index is -0.597. The number of hydrogen-bond donors (Lipinski definition) is 2. The van der Waals surface area contributed by atoms with Gasteiger partial charge in [0.2, 0.25) is 12.3 Å². The third-order valence-corrected chi connectivity index (χ3v) is 4.06. The lowest BCUT2D eigenvalue weighted by atomic mass is 10.1. The summed E-state index contributed by atoms with van der Waals surface area (Å²) in [6.07, 6.45) is 2.99. The summed E-state index contributed by atoms with van der Waals surface area (Å²) in [7, 11) is 0. The van der Waals surface area contributed by atoms with E-state index in [4.69, 9.17) is 4.42 Å². The standard InChI is InChI=1S/C16H18N2O4S/c1-10-7-15(20)22-14-8-11(3-4-12(10)14)18-16(21)13(17-9-19)5-6-23-2/h3-4,7-9,13H,5-6H2,1-2H3,(H,17,19)(H,18,21)/t13-/m0/s1. The van der Waals surface area contributed by atoms with Crippen LogP contribution in [0.1, 0.15) is 12.0 Å². The molecule has 0 aliphatic rings. The lowest BCUT2D eigenvalue weighted by molar-refractivity contribution is -0.121. The first-order valence-corrected chi connectivity index (χ1v) is 8.48. The molecule has 1 aromatic carbocycles. The molecule has 2 amide bonds. The van der Waals surface area contributed by atoms with Crippen molar-refractivity contribution in [2.24, 2.45) is 0 Å². The van der Waals surface area contributed by atoms with Gasteiger partial charge in [0.1, 0.15) is 11.6 Å². The van der Waals surface area contributed by atoms with Gasteiger partial charge in [0.15, 0.2) is 0 Å². The van der Waals surface area contributed by atoms with Crippen molar-refractivity contribution in [2.75, 3.05) is 17.3 Å². The maximum Gasteiger partial charge on any atom is 0.336 e. The summed E-state index contributed by atoms with van der Waals surface area (Å²) in [5.74, 6) is 0.450. The molecule has 7 heteroatoms. The molecule has 0 unspecified atom stereocenters. The molecule has 6 nitrogen and oxygen atoms in total. The number of thioether (sulfide) groups is 1. The van der Waals surface area contributed by atoms with Crippen LogP contribution in [0.15, 0.2) is 33.5 Å². The van der Waals surface area contributed by atoms with Crippen molar-refractivity contribution in [3.63, 3.8) is 0 Å². The van der Waals surface area contributed by atoms with Crippen LogP contribution in [-0.2, 0) is 9.59 Å². The summed E-state index contributed by atoms with van der Waals surface area (Å²) in [5, 5.41) is 6.06. The Kier molecular flexibility index (Phi) is 5.81. The zero-order chi connectivity index (χ0) is 16.8.